The van der Waals surface area contributed by atoms with Crippen molar-refractivity contribution in [3.8, 4) is 28.6 Å². The lowest BCUT2D eigenvalue weighted by Gasteiger charge is -2.26. The Morgan fingerprint density at radius 3 is 2.53 bits per heavy atom. The number of para-hydroxylation sites is 2. The molecule has 0 saturated carbocycles. The maximum absolute atomic E-state index is 13.5. The predicted octanol–water partition coefficient (Wildman–Crippen LogP) is 4.12. The van der Waals surface area contributed by atoms with Crippen molar-refractivity contribution in [2.75, 3.05) is 18.9 Å². The fourth-order valence-corrected chi connectivity index (χ4v) is 4.31. The first-order valence-electron chi connectivity index (χ1n) is 10.7. The highest BCUT2D eigenvalue weighted by Crippen LogP contribution is 2.31. The van der Waals surface area contributed by atoms with E-state index in [4.69, 9.17) is 9.47 Å². The van der Waals surface area contributed by atoms with Gasteiger partial charge < -0.3 is 14.8 Å². The number of carbonyl (C=O) groups excluding carboxylic acids is 1. The summed E-state index contributed by atoms with van der Waals surface area (Å²) in [6, 6.07) is 23.1. The summed E-state index contributed by atoms with van der Waals surface area (Å²) >= 11 is 1.26. The molecule has 0 unspecified atom stereocenters. The molecule has 0 saturated heterocycles. The molecule has 9 heteroatoms. The van der Waals surface area contributed by atoms with Crippen LogP contribution in [0.5, 0.6) is 11.5 Å². The second-order valence-electron chi connectivity index (χ2n) is 7.57. The molecule has 172 valence electrons. The van der Waals surface area contributed by atoms with Gasteiger partial charge in [-0.2, -0.15) is 0 Å². The quantitative estimate of drug-likeness (QED) is 0.405. The molecule has 0 spiro atoms. The maximum atomic E-state index is 13.5. The number of rotatable bonds is 7. The Kier molecular flexibility index (Phi) is 6.44. The molecule has 4 aromatic rings. The van der Waals surface area contributed by atoms with Crippen molar-refractivity contribution in [2.45, 2.75) is 11.3 Å². The Balaban J connectivity index is 1.26. The molecule has 5 rings (SSSR count). The highest BCUT2D eigenvalue weighted by molar-refractivity contribution is 7.99. The number of amides is 1. The van der Waals surface area contributed by atoms with Crippen molar-refractivity contribution in [1.29, 1.82) is 0 Å². The number of benzene rings is 3. The van der Waals surface area contributed by atoms with Gasteiger partial charge in [0.15, 0.2) is 22.5 Å². The molecular weight excluding hydrogens is 455 g/mol. The monoisotopic (exact) mass is 476 g/mol. The zero-order chi connectivity index (χ0) is 23.3. The van der Waals surface area contributed by atoms with Crippen LogP contribution in [-0.4, -0.2) is 45.7 Å². The van der Waals surface area contributed by atoms with E-state index in [-0.39, 0.29) is 23.6 Å². The van der Waals surface area contributed by atoms with E-state index in [1.807, 2.05) is 59.2 Å². The molecule has 1 amide bonds. The molecule has 1 aromatic heterocycles. The minimum Gasteiger partial charge on any atom is -0.486 e. The number of nitrogens with zero attached hydrogens (tertiary/aromatic N) is 3. The van der Waals surface area contributed by atoms with Gasteiger partial charge in [0.1, 0.15) is 18.5 Å². The van der Waals surface area contributed by atoms with Gasteiger partial charge in [-0.05, 0) is 36.4 Å². The van der Waals surface area contributed by atoms with E-state index in [1.54, 1.807) is 12.1 Å². The Morgan fingerprint density at radius 1 is 1.00 bits per heavy atom. The van der Waals surface area contributed by atoms with Crippen LogP contribution >= 0.6 is 11.8 Å². The molecule has 2 heterocycles. The van der Waals surface area contributed by atoms with Crippen LogP contribution in [0.2, 0.25) is 0 Å². The van der Waals surface area contributed by atoms with Crippen LogP contribution < -0.4 is 14.8 Å². The molecule has 3 aromatic carbocycles. The van der Waals surface area contributed by atoms with Crippen molar-refractivity contribution in [2.24, 2.45) is 0 Å². The number of carbonyl (C=O) groups is 1. The predicted molar refractivity (Wildman–Crippen MR) is 127 cm³/mol. The number of hydrogen-bond acceptors (Lipinski definition) is 6. The van der Waals surface area contributed by atoms with Gasteiger partial charge in [0.25, 0.3) is 0 Å². The van der Waals surface area contributed by atoms with Crippen LogP contribution in [0, 0.1) is 5.82 Å². The zero-order valence-corrected chi connectivity index (χ0v) is 18.9. The lowest BCUT2D eigenvalue weighted by molar-refractivity contribution is -0.119. The van der Waals surface area contributed by atoms with E-state index >= 15 is 0 Å². The van der Waals surface area contributed by atoms with Gasteiger partial charge >= 0.3 is 0 Å². The van der Waals surface area contributed by atoms with Crippen molar-refractivity contribution in [3.05, 3.63) is 84.7 Å². The Bertz CT molecular complexity index is 1280. The van der Waals surface area contributed by atoms with Gasteiger partial charge in [-0.3, -0.25) is 9.36 Å². The molecule has 0 aliphatic carbocycles. The van der Waals surface area contributed by atoms with Crippen LogP contribution in [0.3, 0.4) is 0 Å². The second-order valence-corrected chi connectivity index (χ2v) is 8.52. The van der Waals surface area contributed by atoms with Gasteiger partial charge in [0.05, 0.1) is 12.3 Å². The first kappa shape index (κ1) is 22.0. The van der Waals surface area contributed by atoms with Gasteiger partial charge in [-0.1, -0.05) is 54.2 Å². The first-order chi connectivity index (χ1) is 16.7. The maximum Gasteiger partial charge on any atom is 0.230 e. The van der Waals surface area contributed by atoms with E-state index in [0.717, 1.165) is 5.56 Å². The topological polar surface area (TPSA) is 78.3 Å². The van der Waals surface area contributed by atoms with Crippen LogP contribution in [-0.2, 0) is 4.79 Å². The number of fused-ring (bicyclic) bond motifs is 1. The second kappa shape index (κ2) is 9.96. The minimum atomic E-state index is -0.330. The third-order valence-electron chi connectivity index (χ3n) is 5.18. The minimum absolute atomic E-state index is 0.137. The molecular formula is C25H21FN4O3S. The van der Waals surface area contributed by atoms with Gasteiger partial charge in [0.2, 0.25) is 5.91 Å². The van der Waals surface area contributed by atoms with Crippen molar-refractivity contribution in [3.63, 3.8) is 0 Å². The van der Waals surface area contributed by atoms with Crippen LogP contribution in [0.15, 0.2) is 84.0 Å². The summed E-state index contributed by atoms with van der Waals surface area (Å²) in [6.45, 7) is 0.692. The average Bonchev–Trinajstić information content (AvgIpc) is 3.31. The highest BCUT2D eigenvalue weighted by Gasteiger charge is 2.22. The summed E-state index contributed by atoms with van der Waals surface area (Å²) in [5.74, 6) is 1.63. The van der Waals surface area contributed by atoms with Crippen molar-refractivity contribution >= 4 is 17.7 Å². The van der Waals surface area contributed by atoms with Crippen molar-refractivity contribution < 1.29 is 18.7 Å². The molecule has 0 fully saturated rings. The average molecular weight is 477 g/mol. The van der Waals surface area contributed by atoms with Gasteiger partial charge in [-0.15, -0.1) is 10.2 Å². The number of aromatic nitrogens is 3. The summed E-state index contributed by atoms with van der Waals surface area (Å²) in [5, 5.41) is 12.1. The van der Waals surface area contributed by atoms with E-state index in [1.165, 1.54) is 23.9 Å². The molecule has 0 bridgehead atoms. The van der Waals surface area contributed by atoms with E-state index in [0.29, 0.717) is 41.3 Å². The third kappa shape index (κ3) is 4.89. The standard InChI is InChI=1S/C25H21FN4O3S/c26-18-10-12-19(13-11-18)30-24(17-6-2-1-3-7-17)28-29-25(30)34-16-23(31)27-14-20-15-32-21-8-4-5-9-22(21)33-20/h1-13,20H,14-16H2,(H,27,31)/t20-/m0/s1. The lowest BCUT2D eigenvalue weighted by atomic mass is 10.2. The van der Waals surface area contributed by atoms with Crippen LogP contribution in [0.1, 0.15) is 0 Å². The molecule has 0 radical (unpaired) electrons. The Hall–Kier alpha value is -3.85. The lowest BCUT2D eigenvalue weighted by Crippen LogP contribution is -2.41. The SMILES string of the molecule is O=C(CSc1nnc(-c2ccccc2)n1-c1ccc(F)cc1)NC[C@H]1COc2ccccc2O1. The summed E-state index contributed by atoms with van der Waals surface area (Å²) in [6.07, 6.45) is -0.267. The zero-order valence-electron chi connectivity index (χ0n) is 18.1. The Morgan fingerprint density at radius 2 is 1.74 bits per heavy atom. The van der Waals surface area contributed by atoms with E-state index in [2.05, 4.69) is 15.5 Å². The molecule has 1 aliphatic heterocycles. The van der Waals surface area contributed by atoms with Gasteiger partial charge in [-0.25, -0.2) is 4.39 Å². The van der Waals surface area contributed by atoms with Gasteiger partial charge in [0, 0.05) is 11.3 Å². The summed E-state index contributed by atoms with van der Waals surface area (Å²) in [4.78, 5) is 12.5. The summed E-state index contributed by atoms with van der Waals surface area (Å²) < 4.78 is 26.9. The number of thioether (sulfide) groups is 1. The van der Waals surface area contributed by atoms with Crippen molar-refractivity contribution in [1.82, 2.24) is 20.1 Å². The fourth-order valence-electron chi connectivity index (χ4n) is 3.53. The Labute approximate surface area is 199 Å². The third-order valence-corrected chi connectivity index (χ3v) is 6.11. The fraction of sp³-hybridized carbons (Fsp3) is 0.160. The number of ether oxygens (including phenoxy) is 2. The molecule has 34 heavy (non-hydrogen) atoms. The molecule has 1 aliphatic rings. The first-order valence-corrected chi connectivity index (χ1v) is 11.7. The number of hydrogen-bond donors (Lipinski definition) is 1. The largest absolute Gasteiger partial charge is 0.486 e. The van der Waals surface area contributed by atoms with E-state index in [9.17, 15) is 9.18 Å². The summed E-state index contributed by atoms with van der Waals surface area (Å²) in [5.41, 5.74) is 1.57. The van der Waals surface area contributed by atoms with E-state index < -0.39 is 0 Å². The molecule has 7 nitrogen and oxygen atoms in total. The van der Waals surface area contributed by atoms with Crippen LogP contribution in [0.25, 0.3) is 17.1 Å². The van der Waals surface area contributed by atoms with Crippen LogP contribution in [0.4, 0.5) is 4.39 Å². The number of nitrogens with one attached hydrogen (secondary N) is 1. The summed E-state index contributed by atoms with van der Waals surface area (Å²) in [7, 11) is 0. The normalized spacial score (nSPS) is 14.6. The molecule has 1 atom stereocenters. The highest BCUT2D eigenvalue weighted by atomic mass is 32.2. The number of halogens is 1. The smallest absolute Gasteiger partial charge is 0.230 e. The molecule has 1 N–H and O–H groups in total.